The minimum atomic E-state index is 0.261. The van der Waals surface area contributed by atoms with Gasteiger partial charge in [-0.05, 0) is 31.5 Å². The maximum absolute atomic E-state index is 5.95. The van der Waals surface area contributed by atoms with Crippen LogP contribution in [0.25, 0.3) is 22.4 Å². The van der Waals surface area contributed by atoms with E-state index in [0.717, 1.165) is 59.0 Å². The molecule has 4 rings (SSSR count). The molecule has 0 bridgehead atoms. The quantitative estimate of drug-likeness (QED) is 0.556. The lowest BCUT2D eigenvalue weighted by atomic mass is 10.2. The fraction of sp³-hybridized carbons (Fsp3) is 0.278. The molecular formula is C18H20N4O2. The Kier molecular flexibility index (Phi) is 3.74. The van der Waals surface area contributed by atoms with Crippen molar-refractivity contribution in [2.24, 2.45) is 5.73 Å². The second-order valence-corrected chi connectivity index (χ2v) is 5.90. The SMILES string of the molecule is NCCCCn1c(-c2cccc(N)c2)nc2cc3c(cc21)OCO3. The average Bonchev–Trinajstić information content (AvgIpc) is 3.17. The van der Waals surface area contributed by atoms with Crippen LogP contribution in [-0.2, 0) is 6.54 Å². The van der Waals surface area contributed by atoms with Gasteiger partial charge in [0.15, 0.2) is 11.5 Å². The topological polar surface area (TPSA) is 88.3 Å². The molecule has 0 fully saturated rings. The number of nitrogens with two attached hydrogens (primary N) is 2. The van der Waals surface area contributed by atoms with Gasteiger partial charge in [0.2, 0.25) is 6.79 Å². The van der Waals surface area contributed by atoms with E-state index in [4.69, 9.17) is 25.9 Å². The highest BCUT2D eigenvalue weighted by molar-refractivity contribution is 5.84. The first-order valence-corrected chi connectivity index (χ1v) is 8.12. The van der Waals surface area contributed by atoms with E-state index in [1.54, 1.807) is 0 Å². The molecule has 0 saturated heterocycles. The normalized spacial score (nSPS) is 12.9. The Labute approximate surface area is 140 Å². The van der Waals surface area contributed by atoms with E-state index in [-0.39, 0.29) is 6.79 Å². The smallest absolute Gasteiger partial charge is 0.231 e. The van der Waals surface area contributed by atoms with Crippen LogP contribution in [0.5, 0.6) is 11.5 Å². The highest BCUT2D eigenvalue weighted by Crippen LogP contribution is 2.37. The van der Waals surface area contributed by atoms with Crippen LogP contribution in [0.1, 0.15) is 12.8 Å². The predicted octanol–water partition coefficient (Wildman–Crippen LogP) is 2.75. The molecule has 0 radical (unpaired) electrons. The Morgan fingerprint density at radius 3 is 2.71 bits per heavy atom. The Morgan fingerprint density at radius 1 is 1.08 bits per heavy atom. The standard InChI is InChI=1S/C18H20N4O2/c19-6-1-2-7-22-15-10-17-16(23-11-24-17)9-14(15)21-18(22)12-4-3-5-13(20)8-12/h3-5,8-10H,1-2,6-7,11,19-20H2. The summed E-state index contributed by atoms with van der Waals surface area (Å²) in [6.07, 6.45) is 1.96. The highest BCUT2D eigenvalue weighted by atomic mass is 16.7. The molecule has 0 unspecified atom stereocenters. The molecule has 0 spiro atoms. The Balaban J connectivity index is 1.86. The molecule has 0 amide bonds. The van der Waals surface area contributed by atoms with Gasteiger partial charge in [-0.25, -0.2) is 4.98 Å². The van der Waals surface area contributed by atoms with Gasteiger partial charge in [0.25, 0.3) is 0 Å². The van der Waals surface area contributed by atoms with Crippen LogP contribution >= 0.6 is 0 Å². The minimum Gasteiger partial charge on any atom is -0.454 e. The summed E-state index contributed by atoms with van der Waals surface area (Å²) in [6.45, 7) is 1.79. The first kappa shape index (κ1) is 14.8. The zero-order valence-electron chi connectivity index (χ0n) is 13.4. The number of anilines is 1. The number of unbranched alkanes of at least 4 members (excludes halogenated alkanes) is 1. The van der Waals surface area contributed by atoms with Crippen LogP contribution in [-0.4, -0.2) is 22.9 Å². The summed E-state index contributed by atoms with van der Waals surface area (Å²) in [7, 11) is 0. The lowest BCUT2D eigenvalue weighted by molar-refractivity contribution is 0.174. The number of rotatable bonds is 5. The third-order valence-corrected chi connectivity index (χ3v) is 4.22. The molecule has 0 aliphatic carbocycles. The molecule has 3 aromatic rings. The summed E-state index contributed by atoms with van der Waals surface area (Å²) in [5, 5.41) is 0. The van der Waals surface area contributed by atoms with Gasteiger partial charge in [-0.2, -0.15) is 0 Å². The Morgan fingerprint density at radius 2 is 1.92 bits per heavy atom. The molecule has 6 heteroatoms. The van der Waals surface area contributed by atoms with E-state index in [1.165, 1.54) is 0 Å². The number of fused-ring (bicyclic) bond motifs is 2. The van der Waals surface area contributed by atoms with Gasteiger partial charge in [0.05, 0.1) is 11.0 Å². The van der Waals surface area contributed by atoms with Gasteiger partial charge in [-0.3, -0.25) is 0 Å². The molecule has 0 atom stereocenters. The van der Waals surface area contributed by atoms with E-state index >= 15 is 0 Å². The lowest BCUT2D eigenvalue weighted by Crippen LogP contribution is -2.05. The van der Waals surface area contributed by atoms with Crippen molar-refractivity contribution >= 4 is 16.7 Å². The van der Waals surface area contributed by atoms with Gasteiger partial charge in [0.1, 0.15) is 5.82 Å². The van der Waals surface area contributed by atoms with Crippen molar-refractivity contribution < 1.29 is 9.47 Å². The number of benzene rings is 2. The molecule has 2 aromatic carbocycles. The first-order chi connectivity index (χ1) is 11.8. The summed E-state index contributed by atoms with van der Waals surface area (Å²) in [5.41, 5.74) is 15.2. The van der Waals surface area contributed by atoms with E-state index in [9.17, 15) is 0 Å². The van der Waals surface area contributed by atoms with Gasteiger partial charge in [-0.15, -0.1) is 0 Å². The molecule has 1 aliphatic heterocycles. The van der Waals surface area contributed by atoms with E-state index in [2.05, 4.69) is 4.57 Å². The number of nitrogens with zero attached hydrogens (tertiary/aromatic N) is 2. The lowest BCUT2D eigenvalue weighted by Gasteiger charge is -2.10. The average molecular weight is 324 g/mol. The Hall–Kier alpha value is -2.73. The molecule has 0 saturated carbocycles. The molecular weight excluding hydrogens is 304 g/mol. The first-order valence-electron chi connectivity index (χ1n) is 8.12. The number of aryl methyl sites for hydroxylation is 1. The molecule has 124 valence electrons. The van der Waals surface area contributed by atoms with Gasteiger partial charge >= 0.3 is 0 Å². The van der Waals surface area contributed by atoms with Crippen LogP contribution in [0.4, 0.5) is 5.69 Å². The summed E-state index contributed by atoms with van der Waals surface area (Å²) >= 11 is 0. The summed E-state index contributed by atoms with van der Waals surface area (Å²) in [4.78, 5) is 4.82. The van der Waals surface area contributed by atoms with E-state index in [0.29, 0.717) is 6.54 Å². The van der Waals surface area contributed by atoms with E-state index < -0.39 is 0 Å². The maximum Gasteiger partial charge on any atom is 0.231 e. The summed E-state index contributed by atoms with van der Waals surface area (Å²) in [5.74, 6) is 2.41. The number of aromatic nitrogens is 2. The van der Waals surface area contributed by atoms with Crippen LogP contribution in [0.15, 0.2) is 36.4 Å². The third-order valence-electron chi connectivity index (χ3n) is 4.22. The number of hydrogen-bond donors (Lipinski definition) is 2. The molecule has 2 heterocycles. The molecule has 6 nitrogen and oxygen atoms in total. The van der Waals surface area contributed by atoms with Crippen LogP contribution in [0, 0.1) is 0 Å². The number of hydrogen-bond acceptors (Lipinski definition) is 5. The fourth-order valence-electron chi connectivity index (χ4n) is 3.05. The number of ether oxygens (including phenoxy) is 2. The van der Waals surface area contributed by atoms with Crippen molar-refractivity contribution in [3.63, 3.8) is 0 Å². The van der Waals surface area contributed by atoms with Crippen LogP contribution < -0.4 is 20.9 Å². The van der Waals surface area contributed by atoms with Crippen molar-refractivity contribution in [2.45, 2.75) is 19.4 Å². The second kappa shape index (κ2) is 6.05. The van der Waals surface area contributed by atoms with Crippen molar-refractivity contribution in [1.82, 2.24) is 9.55 Å². The molecule has 1 aliphatic rings. The number of nitrogen functional groups attached to an aromatic ring is 1. The molecule has 1 aromatic heterocycles. The maximum atomic E-state index is 5.95. The summed E-state index contributed by atoms with van der Waals surface area (Å²) < 4.78 is 13.2. The highest BCUT2D eigenvalue weighted by Gasteiger charge is 2.19. The van der Waals surface area contributed by atoms with Crippen molar-refractivity contribution in [1.29, 1.82) is 0 Å². The van der Waals surface area contributed by atoms with Crippen LogP contribution in [0.3, 0.4) is 0 Å². The third kappa shape index (κ3) is 2.55. The van der Waals surface area contributed by atoms with Crippen molar-refractivity contribution in [3.8, 4) is 22.9 Å². The second-order valence-electron chi connectivity index (χ2n) is 5.90. The number of imidazole rings is 1. The summed E-state index contributed by atoms with van der Waals surface area (Å²) in [6, 6.07) is 11.7. The largest absolute Gasteiger partial charge is 0.454 e. The van der Waals surface area contributed by atoms with Crippen molar-refractivity contribution in [2.75, 3.05) is 19.1 Å². The zero-order valence-corrected chi connectivity index (χ0v) is 13.4. The predicted molar refractivity (Wildman–Crippen MR) is 94.0 cm³/mol. The monoisotopic (exact) mass is 324 g/mol. The van der Waals surface area contributed by atoms with E-state index in [1.807, 2.05) is 36.4 Å². The minimum absolute atomic E-state index is 0.261. The van der Waals surface area contributed by atoms with Gasteiger partial charge < -0.3 is 25.5 Å². The van der Waals surface area contributed by atoms with Crippen molar-refractivity contribution in [3.05, 3.63) is 36.4 Å². The van der Waals surface area contributed by atoms with Crippen LogP contribution in [0.2, 0.25) is 0 Å². The van der Waals surface area contributed by atoms with Gasteiger partial charge in [-0.1, -0.05) is 12.1 Å². The molecule has 4 N–H and O–H groups in total. The zero-order chi connectivity index (χ0) is 16.5. The Bertz CT molecular complexity index is 888. The fourth-order valence-corrected chi connectivity index (χ4v) is 3.05. The van der Waals surface area contributed by atoms with Gasteiger partial charge in [0, 0.05) is 29.9 Å². The molecule has 24 heavy (non-hydrogen) atoms.